The van der Waals surface area contributed by atoms with Crippen LogP contribution in [0.5, 0.6) is 0 Å². The van der Waals surface area contributed by atoms with E-state index >= 15 is 4.39 Å². The van der Waals surface area contributed by atoms with Crippen molar-refractivity contribution < 1.29 is 28.2 Å². The summed E-state index contributed by atoms with van der Waals surface area (Å²) in [7, 11) is 0. The van der Waals surface area contributed by atoms with Crippen LogP contribution in [0.4, 0.5) is 4.39 Å². The number of carbonyl (C=O) groups is 2. The van der Waals surface area contributed by atoms with Gasteiger partial charge < -0.3 is 29.7 Å². The molecule has 7 rings (SSSR count). The Bertz CT molecular complexity index is 1050. The maximum Gasteiger partial charge on any atom is 0.256 e. The second-order valence-corrected chi connectivity index (χ2v) is 14.1. The lowest BCUT2D eigenvalue weighted by Crippen LogP contribution is -2.74. The molecule has 0 aromatic heterocycles. The zero-order chi connectivity index (χ0) is 30.0. The fourth-order valence-electron chi connectivity index (χ4n) is 9.40. The van der Waals surface area contributed by atoms with E-state index < -0.39 is 24.2 Å². The van der Waals surface area contributed by atoms with E-state index in [-0.39, 0.29) is 41.9 Å². The molecule has 6 fully saturated rings. The molecule has 10 nitrogen and oxygen atoms in total. The third-order valence-corrected chi connectivity index (χ3v) is 11.7. The molecule has 11 heteroatoms. The molecular weight excluding hydrogens is 565 g/mol. The summed E-state index contributed by atoms with van der Waals surface area (Å²) in [6, 6.07) is -0.586. The van der Waals surface area contributed by atoms with E-state index in [0.717, 1.165) is 91.4 Å². The van der Waals surface area contributed by atoms with Gasteiger partial charge in [-0.05, 0) is 50.5 Å². The van der Waals surface area contributed by atoms with Gasteiger partial charge in [0.05, 0.1) is 62.3 Å². The zero-order valence-electron chi connectivity index (χ0n) is 26.2. The fraction of sp³-hybridized carbons (Fsp3) is 0.879. The van der Waals surface area contributed by atoms with Gasteiger partial charge in [0.25, 0.3) is 5.91 Å². The second-order valence-electron chi connectivity index (χ2n) is 14.1. The summed E-state index contributed by atoms with van der Waals surface area (Å²) in [6.07, 6.45) is 8.21. The molecule has 3 saturated carbocycles. The summed E-state index contributed by atoms with van der Waals surface area (Å²) < 4.78 is 34.1. The molecule has 2 N–H and O–H groups in total. The van der Waals surface area contributed by atoms with Gasteiger partial charge in [-0.25, -0.2) is 4.39 Å². The third kappa shape index (κ3) is 6.34. The average molecular weight is 618 g/mol. The van der Waals surface area contributed by atoms with Crippen molar-refractivity contribution in [3.63, 3.8) is 0 Å². The number of ketones is 1. The lowest BCUT2D eigenvalue weighted by Gasteiger charge is -2.61. The molecule has 1 amide bonds. The molecule has 246 valence electrons. The molecule has 0 aromatic carbocycles. The Morgan fingerprint density at radius 1 is 0.909 bits per heavy atom. The number of nitrogens with zero attached hydrogens (tertiary/aromatic N) is 3. The molecule has 0 spiro atoms. The van der Waals surface area contributed by atoms with Gasteiger partial charge in [0.15, 0.2) is 5.78 Å². The number of Topliss-reactive ketones (excluding diaryl/α,β-unsaturated/α-hetero) is 1. The highest BCUT2D eigenvalue weighted by atomic mass is 19.1. The Labute approximate surface area is 261 Å². The average Bonchev–Trinajstić information content (AvgIpc) is 3.06. The van der Waals surface area contributed by atoms with Crippen LogP contribution in [-0.2, 0) is 23.8 Å². The number of fused-ring (bicyclic) bond motifs is 4. The summed E-state index contributed by atoms with van der Waals surface area (Å²) in [6.45, 7) is 9.51. The summed E-state index contributed by atoms with van der Waals surface area (Å²) >= 11 is 0. The summed E-state index contributed by atoms with van der Waals surface area (Å²) in [5.74, 6) is 0.00238. The van der Waals surface area contributed by atoms with Crippen LogP contribution in [0.15, 0.2) is 11.8 Å². The molecule has 9 unspecified atom stereocenters. The van der Waals surface area contributed by atoms with Crippen LogP contribution in [0.1, 0.15) is 51.4 Å². The van der Waals surface area contributed by atoms with Crippen molar-refractivity contribution in [3.05, 3.63) is 11.8 Å². The predicted molar refractivity (Wildman–Crippen MR) is 163 cm³/mol. The van der Waals surface area contributed by atoms with Crippen LogP contribution in [0.25, 0.3) is 0 Å². The molecule has 0 radical (unpaired) electrons. The fourth-order valence-corrected chi connectivity index (χ4v) is 9.40. The third-order valence-electron chi connectivity index (χ3n) is 11.7. The van der Waals surface area contributed by atoms with Crippen LogP contribution in [0.2, 0.25) is 0 Å². The number of morpholine rings is 3. The molecule has 0 bridgehead atoms. The maximum atomic E-state index is 16.2. The number of hydrogen-bond acceptors (Lipinski definition) is 9. The van der Waals surface area contributed by atoms with Crippen molar-refractivity contribution in [2.24, 2.45) is 17.8 Å². The molecule has 3 aliphatic carbocycles. The first-order valence-corrected chi connectivity index (χ1v) is 17.5. The van der Waals surface area contributed by atoms with Gasteiger partial charge in [-0.15, -0.1) is 0 Å². The molecule has 9 atom stereocenters. The Morgan fingerprint density at radius 3 is 2.41 bits per heavy atom. The first-order valence-electron chi connectivity index (χ1n) is 17.5. The van der Waals surface area contributed by atoms with Gasteiger partial charge in [-0.2, -0.15) is 0 Å². The lowest BCUT2D eigenvalue weighted by molar-refractivity contribution is -0.220. The predicted octanol–water partition coefficient (Wildman–Crippen LogP) is 1.35. The van der Waals surface area contributed by atoms with Gasteiger partial charge in [0, 0.05) is 57.9 Å². The summed E-state index contributed by atoms with van der Waals surface area (Å²) in [4.78, 5) is 34.5. The number of hydrogen-bond donors (Lipinski definition) is 2. The van der Waals surface area contributed by atoms with Gasteiger partial charge in [0.2, 0.25) is 0 Å². The van der Waals surface area contributed by atoms with Crippen molar-refractivity contribution in [2.45, 2.75) is 87.9 Å². The maximum absolute atomic E-state index is 16.2. The van der Waals surface area contributed by atoms with Crippen LogP contribution in [0.3, 0.4) is 0 Å². The monoisotopic (exact) mass is 617 g/mol. The number of rotatable bonds is 9. The van der Waals surface area contributed by atoms with Crippen LogP contribution >= 0.6 is 0 Å². The van der Waals surface area contributed by atoms with E-state index in [2.05, 4.69) is 25.3 Å². The van der Waals surface area contributed by atoms with E-state index in [1.165, 1.54) is 19.3 Å². The van der Waals surface area contributed by atoms with E-state index in [4.69, 9.17) is 14.2 Å². The SMILES string of the molecule is O=C(NCCCN1CCOCC1)C1=CN2C3CCC4CCCCC4C3OC3C(NCCN4CCOCC4)C(F)CC(C1=O)C32. The van der Waals surface area contributed by atoms with Crippen LogP contribution in [-0.4, -0.2) is 142 Å². The number of nitrogens with one attached hydrogen (secondary N) is 2. The normalized spacial score (nSPS) is 39.6. The number of amides is 1. The van der Waals surface area contributed by atoms with Gasteiger partial charge >= 0.3 is 0 Å². The van der Waals surface area contributed by atoms with Crippen molar-refractivity contribution in [3.8, 4) is 0 Å². The minimum absolute atomic E-state index is 0.00655. The summed E-state index contributed by atoms with van der Waals surface area (Å²) in [5, 5.41) is 6.58. The first kappa shape index (κ1) is 31.0. The minimum Gasteiger partial charge on any atom is -0.379 e. The van der Waals surface area contributed by atoms with Gasteiger partial charge in [-0.1, -0.05) is 19.3 Å². The van der Waals surface area contributed by atoms with Gasteiger partial charge in [0.1, 0.15) is 6.17 Å². The van der Waals surface area contributed by atoms with E-state index in [1.807, 2.05) is 6.20 Å². The van der Waals surface area contributed by atoms with Crippen LogP contribution < -0.4 is 10.6 Å². The molecule has 7 aliphatic rings. The number of alkyl halides is 1. The van der Waals surface area contributed by atoms with Crippen molar-refractivity contribution in [1.29, 1.82) is 0 Å². The van der Waals surface area contributed by atoms with Crippen LogP contribution in [0, 0.1) is 17.8 Å². The van der Waals surface area contributed by atoms with E-state index in [1.54, 1.807) is 0 Å². The molecule has 0 aromatic rings. The summed E-state index contributed by atoms with van der Waals surface area (Å²) in [5.41, 5.74) is 0.203. The molecule has 4 heterocycles. The van der Waals surface area contributed by atoms with Gasteiger partial charge in [-0.3, -0.25) is 19.4 Å². The molecule has 4 aliphatic heterocycles. The molecule has 44 heavy (non-hydrogen) atoms. The highest BCUT2D eigenvalue weighted by molar-refractivity contribution is 6.20. The smallest absolute Gasteiger partial charge is 0.256 e. The Kier molecular flexibility index (Phi) is 9.87. The van der Waals surface area contributed by atoms with Crippen molar-refractivity contribution in [2.75, 3.05) is 78.8 Å². The van der Waals surface area contributed by atoms with E-state index in [0.29, 0.717) is 24.9 Å². The van der Waals surface area contributed by atoms with Crippen molar-refractivity contribution in [1.82, 2.24) is 25.3 Å². The zero-order valence-corrected chi connectivity index (χ0v) is 26.2. The Morgan fingerprint density at radius 2 is 1.64 bits per heavy atom. The largest absolute Gasteiger partial charge is 0.379 e. The number of ether oxygens (including phenoxy) is 3. The highest BCUT2D eigenvalue weighted by Gasteiger charge is 2.60. The second kappa shape index (κ2) is 14.0. The highest BCUT2D eigenvalue weighted by Crippen LogP contribution is 2.50. The van der Waals surface area contributed by atoms with Crippen molar-refractivity contribution >= 4 is 11.7 Å². The molecular formula is C33H52FN5O5. The topological polar surface area (TPSA) is 95.6 Å². The standard InChI is InChI=1S/C33H52FN5O5/c34-26-20-24-29-32(28(26)35-9-11-38-14-18-43-19-15-38)44-31-23-5-2-1-4-22(23)6-7-27(31)39(29)21-25(30(24)40)33(41)36-8-3-10-37-12-16-42-17-13-37/h21-24,26-29,31-32,35H,1-20H2,(H,36,41). The number of halogens is 1. The Balaban J connectivity index is 1.08. The quantitative estimate of drug-likeness (QED) is 0.294. The molecule has 3 saturated heterocycles. The minimum atomic E-state index is -1.21. The van der Waals surface area contributed by atoms with E-state index in [9.17, 15) is 9.59 Å². The lowest BCUT2D eigenvalue weighted by atomic mass is 9.64. The number of carbonyl (C=O) groups excluding carboxylic acids is 2. The Hall–Kier alpha value is -1.63. The first-order chi connectivity index (χ1) is 21.6.